The molecule has 1 N–H and O–H groups in total. The molecule has 3 aromatic rings. The first-order valence-electron chi connectivity index (χ1n) is 9.39. The summed E-state index contributed by atoms with van der Waals surface area (Å²) in [7, 11) is 0. The van der Waals surface area contributed by atoms with Gasteiger partial charge in [0.05, 0.1) is 16.8 Å². The second kappa shape index (κ2) is 8.36. The van der Waals surface area contributed by atoms with Gasteiger partial charge >= 0.3 is 0 Å². The third-order valence-electron chi connectivity index (χ3n) is 4.73. The molecule has 6 nitrogen and oxygen atoms in total. The van der Waals surface area contributed by atoms with Crippen LogP contribution in [0.2, 0.25) is 0 Å². The number of carbonyl (C=O) groups excluding carboxylic acids is 3. The maximum Gasteiger partial charge on any atom is 0.261 e. The zero-order chi connectivity index (χ0) is 20.2. The molecule has 0 saturated carbocycles. The highest BCUT2D eigenvalue weighted by molar-refractivity contribution is 7.14. The summed E-state index contributed by atoms with van der Waals surface area (Å²) < 4.78 is 0. The van der Waals surface area contributed by atoms with Crippen LogP contribution < -0.4 is 5.32 Å². The summed E-state index contributed by atoms with van der Waals surface area (Å²) in [6.45, 7) is 0.315. The number of aromatic nitrogens is 1. The molecule has 0 fully saturated rings. The third kappa shape index (κ3) is 4.09. The van der Waals surface area contributed by atoms with Gasteiger partial charge in [-0.25, -0.2) is 4.98 Å². The molecule has 0 atom stereocenters. The zero-order valence-electron chi connectivity index (χ0n) is 15.6. The van der Waals surface area contributed by atoms with E-state index >= 15 is 0 Å². The van der Waals surface area contributed by atoms with Crippen LogP contribution in [0.15, 0.2) is 60.0 Å². The van der Waals surface area contributed by atoms with Gasteiger partial charge in [0, 0.05) is 23.9 Å². The van der Waals surface area contributed by atoms with Crippen LogP contribution in [0.5, 0.6) is 0 Å². The number of hydrogen-bond acceptors (Lipinski definition) is 5. The number of nitrogens with zero attached hydrogens (tertiary/aromatic N) is 2. The molecule has 0 aliphatic carbocycles. The quantitative estimate of drug-likeness (QED) is 0.472. The first-order valence-corrected chi connectivity index (χ1v) is 10.3. The molecular formula is C22H19N3O3S. The van der Waals surface area contributed by atoms with Crippen molar-refractivity contribution in [3.8, 4) is 11.3 Å². The molecule has 2 aromatic carbocycles. The lowest BCUT2D eigenvalue weighted by Gasteiger charge is -2.13. The van der Waals surface area contributed by atoms with E-state index in [0.29, 0.717) is 42.1 Å². The van der Waals surface area contributed by atoms with Crippen LogP contribution in [-0.4, -0.2) is 34.2 Å². The summed E-state index contributed by atoms with van der Waals surface area (Å²) in [6, 6.07) is 16.6. The lowest BCUT2D eigenvalue weighted by Crippen LogP contribution is -2.30. The van der Waals surface area contributed by atoms with E-state index in [1.165, 1.54) is 16.2 Å². The molecule has 0 spiro atoms. The number of imide groups is 1. The summed E-state index contributed by atoms with van der Waals surface area (Å²) in [6.07, 6.45) is 1.46. The lowest BCUT2D eigenvalue weighted by molar-refractivity contribution is -0.116. The Morgan fingerprint density at radius 2 is 1.59 bits per heavy atom. The Balaban J connectivity index is 1.24. The number of thiazole rings is 1. The van der Waals surface area contributed by atoms with Crippen molar-refractivity contribution in [1.82, 2.24) is 9.88 Å². The van der Waals surface area contributed by atoms with E-state index in [0.717, 1.165) is 11.3 Å². The smallest absolute Gasteiger partial charge is 0.261 e. The van der Waals surface area contributed by atoms with E-state index in [1.54, 1.807) is 24.3 Å². The number of hydrogen-bond donors (Lipinski definition) is 1. The number of amides is 3. The predicted molar refractivity (Wildman–Crippen MR) is 112 cm³/mol. The molecule has 146 valence electrons. The molecule has 1 aliphatic heterocycles. The fraction of sp³-hybridized carbons (Fsp3) is 0.182. The highest BCUT2D eigenvalue weighted by Gasteiger charge is 2.34. The second-order valence-corrected chi connectivity index (χ2v) is 7.57. The van der Waals surface area contributed by atoms with Crippen LogP contribution in [0.1, 0.15) is 40.0 Å². The van der Waals surface area contributed by atoms with Gasteiger partial charge in [0.15, 0.2) is 5.13 Å². The van der Waals surface area contributed by atoms with E-state index in [4.69, 9.17) is 0 Å². The van der Waals surface area contributed by atoms with Gasteiger partial charge in [-0.3, -0.25) is 19.3 Å². The molecular weight excluding hydrogens is 386 g/mol. The summed E-state index contributed by atoms with van der Waals surface area (Å²) in [4.78, 5) is 42.5. The number of nitrogens with one attached hydrogen (secondary N) is 1. The standard InChI is InChI=1S/C22H19N3O3S/c26-19(24-22-23-18(14-29-22)15-8-2-1-3-9-15)12-6-7-13-25-20(27)16-10-4-5-11-17(16)21(25)28/h1-5,8-11,14H,6-7,12-13H2,(H,23,24,26). The number of benzene rings is 2. The van der Waals surface area contributed by atoms with Crippen LogP contribution in [0, 0.1) is 0 Å². The van der Waals surface area contributed by atoms with E-state index in [1.807, 2.05) is 35.7 Å². The van der Waals surface area contributed by atoms with Crippen molar-refractivity contribution in [1.29, 1.82) is 0 Å². The van der Waals surface area contributed by atoms with Crippen molar-refractivity contribution >= 4 is 34.2 Å². The summed E-state index contributed by atoms with van der Waals surface area (Å²) >= 11 is 1.39. The molecule has 1 aliphatic rings. The minimum atomic E-state index is -0.258. The third-order valence-corrected chi connectivity index (χ3v) is 5.49. The molecule has 0 saturated heterocycles. The number of rotatable bonds is 7. The average molecular weight is 405 g/mol. The first-order chi connectivity index (χ1) is 14.1. The van der Waals surface area contributed by atoms with E-state index in [9.17, 15) is 14.4 Å². The number of anilines is 1. The van der Waals surface area contributed by atoms with Crippen molar-refractivity contribution in [3.63, 3.8) is 0 Å². The molecule has 7 heteroatoms. The number of fused-ring (bicyclic) bond motifs is 1. The SMILES string of the molecule is O=C(CCCCN1C(=O)c2ccccc2C1=O)Nc1nc(-c2ccccc2)cs1. The van der Waals surface area contributed by atoms with Crippen LogP contribution in [-0.2, 0) is 4.79 Å². The monoisotopic (exact) mass is 405 g/mol. The Morgan fingerprint density at radius 3 is 2.28 bits per heavy atom. The van der Waals surface area contributed by atoms with Crippen molar-refractivity contribution in [3.05, 3.63) is 71.1 Å². The van der Waals surface area contributed by atoms with Gasteiger partial charge in [-0.05, 0) is 25.0 Å². The molecule has 29 heavy (non-hydrogen) atoms. The largest absolute Gasteiger partial charge is 0.302 e. The minimum Gasteiger partial charge on any atom is -0.302 e. The van der Waals surface area contributed by atoms with Crippen LogP contribution in [0.3, 0.4) is 0 Å². The molecule has 0 unspecified atom stereocenters. The predicted octanol–water partition coefficient (Wildman–Crippen LogP) is 4.22. The fourth-order valence-electron chi connectivity index (χ4n) is 3.25. The van der Waals surface area contributed by atoms with Crippen LogP contribution >= 0.6 is 11.3 Å². The summed E-state index contributed by atoms with van der Waals surface area (Å²) in [5, 5.41) is 5.29. The van der Waals surface area contributed by atoms with E-state index in [2.05, 4.69) is 10.3 Å². The van der Waals surface area contributed by atoms with Crippen molar-refractivity contribution in [2.45, 2.75) is 19.3 Å². The Hall–Kier alpha value is -3.32. The van der Waals surface area contributed by atoms with Gasteiger partial charge in [-0.2, -0.15) is 0 Å². The number of unbranched alkanes of at least 4 members (excludes halogenated alkanes) is 1. The summed E-state index contributed by atoms with van der Waals surface area (Å²) in [5.74, 6) is -0.640. The van der Waals surface area contributed by atoms with Crippen molar-refractivity contribution in [2.75, 3.05) is 11.9 Å². The van der Waals surface area contributed by atoms with Gasteiger partial charge in [0.1, 0.15) is 0 Å². The van der Waals surface area contributed by atoms with Gasteiger partial charge in [0.2, 0.25) is 5.91 Å². The lowest BCUT2D eigenvalue weighted by atomic mass is 10.1. The topological polar surface area (TPSA) is 79.4 Å². The maximum atomic E-state index is 12.3. The summed E-state index contributed by atoms with van der Waals surface area (Å²) in [5.41, 5.74) is 2.74. The molecule has 0 bridgehead atoms. The minimum absolute atomic E-state index is 0.124. The molecule has 4 rings (SSSR count). The fourth-order valence-corrected chi connectivity index (χ4v) is 3.99. The van der Waals surface area contributed by atoms with Gasteiger partial charge < -0.3 is 5.32 Å². The highest BCUT2D eigenvalue weighted by atomic mass is 32.1. The van der Waals surface area contributed by atoms with Gasteiger partial charge in [-0.1, -0.05) is 42.5 Å². The van der Waals surface area contributed by atoms with Crippen LogP contribution in [0.25, 0.3) is 11.3 Å². The molecule has 2 heterocycles. The van der Waals surface area contributed by atoms with Crippen molar-refractivity contribution < 1.29 is 14.4 Å². The average Bonchev–Trinajstić information content (AvgIpc) is 3.30. The Bertz CT molecular complexity index is 1030. The maximum absolute atomic E-state index is 12.3. The van der Waals surface area contributed by atoms with Crippen molar-refractivity contribution in [2.24, 2.45) is 0 Å². The normalized spacial score (nSPS) is 12.9. The highest BCUT2D eigenvalue weighted by Crippen LogP contribution is 2.25. The van der Waals surface area contributed by atoms with Gasteiger partial charge in [-0.15, -0.1) is 11.3 Å². The van der Waals surface area contributed by atoms with E-state index < -0.39 is 0 Å². The molecule has 0 radical (unpaired) electrons. The number of carbonyl (C=O) groups is 3. The second-order valence-electron chi connectivity index (χ2n) is 6.72. The van der Waals surface area contributed by atoms with Crippen LogP contribution in [0.4, 0.5) is 5.13 Å². The van der Waals surface area contributed by atoms with E-state index in [-0.39, 0.29) is 17.7 Å². The molecule has 1 aromatic heterocycles. The zero-order valence-corrected chi connectivity index (χ0v) is 16.4. The Labute approximate surface area is 172 Å². The van der Waals surface area contributed by atoms with Gasteiger partial charge in [0.25, 0.3) is 11.8 Å². The Morgan fingerprint density at radius 1 is 0.931 bits per heavy atom. The first kappa shape index (κ1) is 19.0. The molecule has 3 amide bonds. The Kier molecular flexibility index (Phi) is 5.48.